The molecule has 2 rings (SSSR count). The van der Waals surface area contributed by atoms with E-state index in [1.807, 2.05) is 22.6 Å². The van der Waals surface area contributed by atoms with Crippen LogP contribution in [0.5, 0.6) is 0 Å². The number of nitrogens with zero attached hydrogens (tertiary/aromatic N) is 1. The summed E-state index contributed by atoms with van der Waals surface area (Å²) < 4.78 is 0.614. The predicted molar refractivity (Wildman–Crippen MR) is 71.4 cm³/mol. The molecule has 1 heterocycles. The molecule has 0 amide bonds. The van der Waals surface area contributed by atoms with Crippen molar-refractivity contribution in [1.82, 2.24) is 9.97 Å². The Morgan fingerprint density at radius 1 is 1.62 bits per heavy atom. The molecule has 5 nitrogen and oxygen atoms in total. The van der Waals surface area contributed by atoms with Crippen LogP contribution in [0.25, 0.3) is 0 Å². The minimum absolute atomic E-state index is 0.0956. The van der Waals surface area contributed by atoms with E-state index in [0.717, 1.165) is 19.5 Å². The molecule has 0 spiro atoms. The summed E-state index contributed by atoms with van der Waals surface area (Å²) in [4.78, 5) is 18.0. The van der Waals surface area contributed by atoms with Crippen molar-refractivity contribution in [3.63, 3.8) is 0 Å². The molecular weight excluding hydrogens is 319 g/mol. The van der Waals surface area contributed by atoms with Crippen LogP contribution in [0, 0.1) is 8.99 Å². The smallest absolute Gasteiger partial charge is 0.266 e. The molecule has 4 N–H and O–H groups in total. The van der Waals surface area contributed by atoms with Crippen LogP contribution in [0.2, 0.25) is 0 Å². The third kappa shape index (κ3) is 2.54. The van der Waals surface area contributed by atoms with Crippen molar-refractivity contribution in [2.24, 2.45) is 11.1 Å². The highest BCUT2D eigenvalue weighted by atomic mass is 127. The maximum absolute atomic E-state index is 11.3. The molecule has 16 heavy (non-hydrogen) atoms. The van der Waals surface area contributed by atoms with Crippen LogP contribution in [0.4, 0.5) is 5.82 Å². The molecule has 1 aromatic heterocycles. The van der Waals surface area contributed by atoms with Gasteiger partial charge in [-0.15, -0.1) is 0 Å². The first-order valence-corrected chi connectivity index (χ1v) is 6.42. The summed E-state index contributed by atoms with van der Waals surface area (Å²) in [6.07, 6.45) is 4.91. The Hall–Kier alpha value is -0.630. The van der Waals surface area contributed by atoms with Gasteiger partial charge < -0.3 is 16.0 Å². The van der Waals surface area contributed by atoms with Gasteiger partial charge in [0.15, 0.2) is 0 Å². The fourth-order valence-corrected chi connectivity index (χ4v) is 2.26. The van der Waals surface area contributed by atoms with Gasteiger partial charge in [0.05, 0.1) is 6.33 Å². The standard InChI is InChI=1S/C10H15IN4O/c11-7-8(14-6-15-9(7)16)13-5-10(1-2-10)3-4-12/h6H,1-5,12H2,(H2,13,14,15,16). The quantitative estimate of drug-likeness (QED) is 0.699. The van der Waals surface area contributed by atoms with Crippen molar-refractivity contribution in [2.75, 3.05) is 18.4 Å². The van der Waals surface area contributed by atoms with E-state index in [4.69, 9.17) is 5.73 Å². The summed E-state index contributed by atoms with van der Waals surface area (Å²) in [6.45, 7) is 1.58. The molecule has 0 aliphatic heterocycles. The largest absolute Gasteiger partial charge is 0.368 e. The number of hydrogen-bond acceptors (Lipinski definition) is 4. The maximum Gasteiger partial charge on any atom is 0.266 e. The van der Waals surface area contributed by atoms with Crippen LogP contribution in [0.3, 0.4) is 0 Å². The third-order valence-electron chi connectivity index (χ3n) is 3.06. The molecule has 1 saturated carbocycles. The van der Waals surface area contributed by atoms with Gasteiger partial charge >= 0.3 is 0 Å². The monoisotopic (exact) mass is 334 g/mol. The second-order valence-corrected chi connectivity index (χ2v) is 5.37. The van der Waals surface area contributed by atoms with E-state index >= 15 is 0 Å². The summed E-state index contributed by atoms with van der Waals surface area (Å²) in [5.41, 5.74) is 5.83. The molecular formula is C10H15IN4O. The second-order valence-electron chi connectivity index (χ2n) is 4.29. The topological polar surface area (TPSA) is 83.8 Å². The van der Waals surface area contributed by atoms with E-state index in [1.54, 1.807) is 0 Å². The molecule has 0 unspecified atom stereocenters. The summed E-state index contributed by atoms with van der Waals surface area (Å²) in [5.74, 6) is 0.674. The number of nitrogens with one attached hydrogen (secondary N) is 2. The van der Waals surface area contributed by atoms with E-state index in [9.17, 15) is 4.79 Å². The Morgan fingerprint density at radius 3 is 3.00 bits per heavy atom. The fraction of sp³-hybridized carbons (Fsp3) is 0.600. The molecule has 0 atom stereocenters. The molecule has 1 aliphatic carbocycles. The molecule has 1 aromatic rings. The van der Waals surface area contributed by atoms with Crippen LogP contribution in [-0.2, 0) is 0 Å². The van der Waals surface area contributed by atoms with Crippen molar-refractivity contribution in [3.05, 3.63) is 20.3 Å². The van der Waals surface area contributed by atoms with Crippen LogP contribution in [0.15, 0.2) is 11.1 Å². The molecule has 0 radical (unpaired) electrons. The summed E-state index contributed by atoms with van der Waals surface area (Å²) in [6, 6.07) is 0. The Bertz CT molecular complexity index is 427. The van der Waals surface area contributed by atoms with Gasteiger partial charge in [-0.1, -0.05) is 0 Å². The van der Waals surface area contributed by atoms with E-state index in [-0.39, 0.29) is 5.56 Å². The molecule has 0 aromatic carbocycles. The lowest BCUT2D eigenvalue weighted by molar-refractivity contribution is 0.500. The highest BCUT2D eigenvalue weighted by Gasteiger charge is 2.41. The molecule has 0 bridgehead atoms. The summed E-state index contributed by atoms with van der Waals surface area (Å²) in [5, 5.41) is 3.25. The average molecular weight is 334 g/mol. The number of hydrogen-bond donors (Lipinski definition) is 3. The summed E-state index contributed by atoms with van der Waals surface area (Å²) >= 11 is 2.00. The van der Waals surface area contributed by atoms with E-state index < -0.39 is 0 Å². The first-order chi connectivity index (χ1) is 7.67. The molecule has 1 aliphatic rings. The first kappa shape index (κ1) is 11.8. The minimum atomic E-state index is -0.0956. The minimum Gasteiger partial charge on any atom is -0.368 e. The maximum atomic E-state index is 11.3. The number of aromatic amines is 1. The van der Waals surface area contributed by atoms with E-state index in [0.29, 0.717) is 14.8 Å². The second kappa shape index (κ2) is 4.70. The lowest BCUT2D eigenvalue weighted by Crippen LogP contribution is -2.22. The van der Waals surface area contributed by atoms with Crippen molar-refractivity contribution in [2.45, 2.75) is 19.3 Å². The average Bonchev–Trinajstić information content (AvgIpc) is 3.02. The predicted octanol–water partition coefficient (Wildman–Crippen LogP) is 0.915. The number of anilines is 1. The highest BCUT2D eigenvalue weighted by Crippen LogP contribution is 2.48. The highest BCUT2D eigenvalue weighted by molar-refractivity contribution is 14.1. The van der Waals surface area contributed by atoms with Gasteiger partial charge in [-0.3, -0.25) is 4.79 Å². The first-order valence-electron chi connectivity index (χ1n) is 5.34. The number of aromatic nitrogens is 2. The van der Waals surface area contributed by atoms with Gasteiger partial charge in [0.1, 0.15) is 9.39 Å². The van der Waals surface area contributed by atoms with Crippen molar-refractivity contribution < 1.29 is 0 Å². The van der Waals surface area contributed by atoms with Crippen LogP contribution < -0.4 is 16.6 Å². The Kier molecular flexibility index (Phi) is 3.48. The lowest BCUT2D eigenvalue weighted by atomic mass is 10.0. The van der Waals surface area contributed by atoms with Crippen molar-refractivity contribution in [3.8, 4) is 0 Å². The number of halogens is 1. The summed E-state index contributed by atoms with van der Waals surface area (Å²) in [7, 11) is 0. The van der Waals surface area contributed by atoms with Gasteiger partial charge in [0, 0.05) is 6.54 Å². The SMILES string of the molecule is NCCC1(CNc2nc[nH]c(=O)c2I)CC1. The molecule has 6 heteroatoms. The van der Waals surface area contributed by atoms with E-state index in [2.05, 4.69) is 15.3 Å². The number of H-pyrrole nitrogens is 1. The van der Waals surface area contributed by atoms with Gasteiger partial charge in [-0.05, 0) is 53.8 Å². The van der Waals surface area contributed by atoms with Crippen LogP contribution >= 0.6 is 22.6 Å². The van der Waals surface area contributed by atoms with Crippen LogP contribution in [0.1, 0.15) is 19.3 Å². The Balaban J connectivity index is 2.00. The number of rotatable bonds is 5. The zero-order valence-electron chi connectivity index (χ0n) is 8.92. The Labute approximate surface area is 107 Å². The lowest BCUT2D eigenvalue weighted by Gasteiger charge is -2.15. The fourth-order valence-electron chi connectivity index (χ4n) is 1.78. The zero-order chi connectivity index (χ0) is 11.6. The van der Waals surface area contributed by atoms with Crippen LogP contribution in [-0.4, -0.2) is 23.1 Å². The Morgan fingerprint density at radius 2 is 2.38 bits per heavy atom. The van der Waals surface area contributed by atoms with Gasteiger partial charge in [-0.25, -0.2) is 4.98 Å². The molecule has 0 saturated heterocycles. The van der Waals surface area contributed by atoms with Gasteiger partial charge in [0.2, 0.25) is 0 Å². The van der Waals surface area contributed by atoms with Crippen molar-refractivity contribution in [1.29, 1.82) is 0 Å². The van der Waals surface area contributed by atoms with E-state index in [1.165, 1.54) is 19.2 Å². The van der Waals surface area contributed by atoms with Gasteiger partial charge in [0.25, 0.3) is 5.56 Å². The number of nitrogens with two attached hydrogens (primary N) is 1. The third-order valence-corrected chi connectivity index (χ3v) is 4.06. The van der Waals surface area contributed by atoms with Gasteiger partial charge in [-0.2, -0.15) is 0 Å². The normalized spacial score (nSPS) is 17.1. The molecule has 88 valence electrons. The van der Waals surface area contributed by atoms with Crippen molar-refractivity contribution >= 4 is 28.4 Å². The molecule has 1 fully saturated rings. The zero-order valence-corrected chi connectivity index (χ0v) is 11.1.